The van der Waals surface area contributed by atoms with Crippen molar-refractivity contribution in [2.45, 2.75) is 0 Å². The van der Waals surface area contributed by atoms with Crippen LogP contribution >= 0.6 is 0 Å². The molecule has 4 heterocycles. The highest BCUT2D eigenvalue weighted by atomic mass is 14.9. The van der Waals surface area contributed by atoms with Gasteiger partial charge < -0.3 is 0 Å². The largest absolute Gasteiger partial charge is 0.255 e. The zero-order valence-corrected chi connectivity index (χ0v) is 25.8. The van der Waals surface area contributed by atoms with Crippen molar-refractivity contribution in [2.75, 3.05) is 0 Å². The van der Waals surface area contributed by atoms with Crippen molar-refractivity contribution in [1.82, 2.24) is 24.9 Å². The molecule has 0 bridgehead atoms. The molecule has 0 radical (unpaired) electrons. The minimum atomic E-state index is 0.761. The smallest absolute Gasteiger partial charge is 0.116 e. The number of hydrogen-bond acceptors (Lipinski definition) is 5. The van der Waals surface area contributed by atoms with Gasteiger partial charge in [0, 0.05) is 33.7 Å². The normalized spacial score (nSPS) is 11.3. The molecule has 5 heteroatoms. The van der Waals surface area contributed by atoms with Gasteiger partial charge in [-0.25, -0.2) is 19.9 Å². The summed E-state index contributed by atoms with van der Waals surface area (Å²) in [5.74, 6) is 0. The first-order valence-corrected chi connectivity index (χ1v) is 15.9. The van der Waals surface area contributed by atoms with Crippen molar-refractivity contribution in [3.63, 3.8) is 0 Å². The third-order valence-corrected chi connectivity index (χ3v) is 8.70. The maximum atomic E-state index is 5.18. The molecule has 0 aliphatic rings. The van der Waals surface area contributed by atoms with E-state index in [1.165, 1.54) is 0 Å². The average molecular weight is 614 g/mol. The fourth-order valence-corrected chi connectivity index (χ4v) is 6.27. The number of rotatable bonds is 5. The maximum Gasteiger partial charge on any atom is 0.116 e. The molecule has 9 aromatic rings. The molecule has 0 spiro atoms. The number of nitrogens with zero attached hydrogens (tertiary/aromatic N) is 5. The van der Waals surface area contributed by atoms with Crippen LogP contribution in [0.25, 0.3) is 89.1 Å². The van der Waals surface area contributed by atoms with Crippen molar-refractivity contribution in [1.29, 1.82) is 0 Å². The summed E-state index contributed by atoms with van der Waals surface area (Å²) in [6.45, 7) is 0. The van der Waals surface area contributed by atoms with E-state index in [1.807, 2.05) is 54.6 Å². The SMILES string of the molecule is c1ccc(-c2ccc3ccc4ccc(-c5cccc(-c6ccc7nc(-c8ccccc8)c(-c8ccccn8)nc7c6)c5)nc4c3n2)cc1. The van der Waals surface area contributed by atoms with Crippen molar-refractivity contribution in [3.05, 3.63) is 164 Å². The van der Waals surface area contributed by atoms with Gasteiger partial charge >= 0.3 is 0 Å². The van der Waals surface area contributed by atoms with Crippen LogP contribution in [0.5, 0.6) is 0 Å². The van der Waals surface area contributed by atoms with Crippen LogP contribution in [0.4, 0.5) is 0 Å². The van der Waals surface area contributed by atoms with Crippen LogP contribution in [-0.2, 0) is 0 Å². The fraction of sp³-hybridized carbons (Fsp3) is 0. The quantitative estimate of drug-likeness (QED) is 0.181. The van der Waals surface area contributed by atoms with Gasteiger partial charge in [0.25, 0.3) is 0 Å². The summed E-state index contributed by atoms with van der Waals surface area (Å²) in [6, 6.07) is 53.8. The number of fused-ring (bicyclic) bond motifs is 4. The highest BCUT2D eigenvalue weighted by molar-refractivity contribution is 6.04. The van der Waals surface area contributed by atoms with E-state index >= 15 is 0 Å². The molecule has 0 unspecified atom stereocenters. The monoisotopic (exact) mass is 613 g/mol. The first-order chi connectivity index (χ1) is 23.8. The predicted molar refractivity (Wildman–Crippen MR) is 195 cm³/mol. The highest BCUT2D eigenvalue weighted by Gasteiger charge is 2.15. The minimum absolute atomic E-state index is 0.761. The van der Waals surface area contributed by atoms with Gasteiger partial charge in [-0.05, 0) is 53.6 Å². The molecule has 224 valence electrons. The maximum absolute atomic E-state index is 5.18. The van der Waals surface area contributed by atoms with Crippen molar-refractivity contribution in [3.8, 4) is 56.3 Å². The Bertz CT molecular complexity index is 2600. The lowest BCUT2D eigenvalue weighted by Crippen LogP contribution is -1.97. The van der Waals surface area contributed by atoms with Gasteiger partial charge in [-0.15, -0.1) is 0 Å². The Balaban J connectivity index is 1.13. The van der Waals surface area contributed by atoms with Gasteiger partial charge in [-0.3, -0.25) is 4.98 Å². The fourth-order valence-electron chi connectivity index (χ4n) is 6.27. The number of hydrogen-bond donors (Lipinski definition) is 0. The number of pyridine rings is 3. The Labute approximate surface area is 277 Å². The molecule has 5 nitrogen and oxygen atoms in total. The molecule has 0 saturated heterocycles. The second kappa shape index (κ2) is 11.6. The molecule has 4 aromatic heterocycles. The molecule has 5 aromatic carbocycles. The first-order valence-electron chi connectivity index (χ1n) is 15.9. The second-order valence-corrected chi connectivity index (χ2v) is 11.8. The zero-order valence-electron chi connectivity index (χ0n) is 25.8. The Morgan fingerprint density at radius 1 is 0.312 bits per heavy atom. The second-order valence-electron chi connectivity index (χ2n) is 11.8. The summed E-state index contributed by atoms with van der Waals surface area (Å²) in [4.78, 5) is 25.1. The standard InChI is InChI=1S/C43H27N5/c1-3-10-28(11-4-1)35-22-19-30-17-18-31-20-23-36(46-41(31)40(30)45-35)34-15-9-14-32(26-34)33-21-24-37-39(27-33)48-43(38-16-7-8-25-44-38)42(47-37)29-12-5-2-6-13-29/h1-27H. The van der Waals surface area contributed by atoms with Crippen LogP contribution < -0.4 is 0 Å². The molecular formula is C43H27N5. The highest BCUT2D eigenvalue weighted by Crippen LogP contribution is 2.34. The average Bonchev–Trinajstić information content (AvgIpc) is 3.18. The van der Waals surface area contributed by atoms with Gasteiger partial charge in [0.15, 0.2) is 0 Å². The van der Waals surface area contributed by atoms with Crippen molar-refractivity contribution in [2.24, 2.45) is 0 Å². The Hall–Kier alpha value is -6.59. The van der Waals surface area contributed by atoms with Crippen LogP contribution in [-0.4, -0.2) is 24.9 Å². The van der Waals surface area contributed by atoms with Gasteiger partial charge in [0.1, 0.15) is 5.69 Å². The van der Waals surface area contributed by atoms with Gasteiger partial charge in [-0.1, -0.05) is 115 Å². The van der Waals surface area contributed by atoms with Crippen LogP contribution in [0.15, 0.2) is 164 Å². The van der Waals surface area contributed by atoms with Crippen LogP contribution in [0.3, 0.4) is 0 Å². The molecular weight excluding hydrogens is 587 g/mol. The summed E-state index contributed by atoms with van der Waals surface area (Å²) in [5.41, 5.74) is 12.9. The van der Waals surface area contributed by atoms with Crippen LogP contribution in [0, 0.1) is 0 Å². The van der Waals surface area contributed by atoms with E-state index in [9.17, 15) is 0 Å². The molecule has 0 fully saturated rings. The molecule has 48 heavy (non-hydrogen) atoms. The Morgan fingerprint density at radius 3 is 1.60 bits per heavy atom. The summed E-state index contributed by atoms with van der Waals surface area (Å²) in [7, 11) is 0. The first kappa shape index (κ1) is 27.7. The number of aromatic nitrogens is 5. The van der Waals surface area contributed by atoms with E-state index in [4.69, 9.17) is 19.9 Å². The molecule has 0 aliphatic carbocycles. The molecule has 0 atom stereocenters. The summed E-state index contributed by atoms with van der Waals surface area (Å²) in [5, 5.41) is 2.13. The van der Waals surface area contributed by atoms with E-state index in [0.29, 0.717) is 0 Å². The summed E-state index contributed by atoms with van der Waals surface area (Å²) in [6.07, 6.45) is 1.79. The summed E-state index contributed by atoms with van der Waals surface area (Å²) < 4.78 is 0. The van der Waals surface area contributed by atoms with Crippen molar-refractivity contribution >= 4 is 32.8 Å². The Morgan fingerprint density at radius 2 is 0.896 bits per heavy atom. The zero-order chi connectivity index (χ0) is 31.9. The van der Waals surface area contributed by atoms with Gasteiger partial charge in [-0.2, -0.15) is 0 Å². The number of benzene rings is 5. The lowest BCUT2D eigenvalue weighted by molar-refractivity contribution is 1.24. The van der Waals surface area contributed by atoms with Gasteiger partial charge in [0.05, 0.1) is 44.8 Å². The topological polar surface area (TPSA) is 64.5 Å². The lowest BCUT2D eigenvalue weighted by atomic mass is 10.00. The van der Waals surface area contributed by atoms with E-state index < -0.39 is 0 Å². The van der Waals surface area contributed by atoms with Crippen LogP contribution in [0.2, 0.25) is 0 Å². The third kappa shape index (κ3) is 5.04. The van der Waals surface area contributed by atoms with Crippen molar-refractivity contribution < 1.29 is 0 Å². The molecule has 0 saturated carbocycles. The summed E-state index contributed by atoms with van der Waals surface area (Å²) >= 11 is 0. The van der Waals surface area contributed by atoms with E-state index in [0.717, 1.165) is 89.1 Å². The molecule has 0 amide bonds. The van der Waals surface area contributed by atoms with E-state index in [1.54, 1.807) is 6.20 Å². The van der Waals surface area contributed by atoms with E-state index in [-0.39, 0.29) is 0 Å². The van der Waals surface area contributed by atoms with Gasteiger partial charge in [0.2, 0.25) is 0 Å². The minimum Gasteiger partial charge on any atom is -0.255 e. The molecule has 0 aliphatic heterocycles. The van der Waals surface area contributed by atoms with E-state index in [2.05, 4.69) is 108 Å². The third-order valence-electron chi connectivity index (χ3n) is 8.70. The molecule has 9 rings (SSSR count). The predicted octanol–water partition coefficient (Wildman–Crippen LogP) is 10.5. The lowest BCUT2D eigenvalue weighted by Gasteiger charge is -2.12. The molecule has 0 N–H and O–H groups in total. The van der Waals surface area contributed by atoms with Crippen LogP contribution in [0.1, 0.15) is 0 Å². The Kier molecular flexibility index (Phi) is 6.72.